The SMILES string of the molecule is C/C(S)=C(C)/C=C(\C)C(O)NC1CC1. The van der Waals surface area contributed by atoms with Crippen molar-refractivity contribution in [1.29, 1.82) is 0 Å². The lowest BCUT2D eigenvalue weighted by Crippen LogP contribution is -2.31. The fourth-order valence-electron chi connectivity index (χ4n) is 1.13. The van der Waals surface area contributed by atoms with Crippen molar-refractivity contribution >= 4 is 12.6 Å². The van der Waals surface area contributed by atoms with Gasteiger partial charge < -0.3 is 5.11 Å². The van der Waals surface area contributed by atoms with E-state index >= 15 is 0 Å². The fraction of sp³-hybridized carbons (Fsp3) is 0.636. The van der Waals surface area contributed by atoms with Crippen LogP contribution >= 0.6 is 12.6 Å². The molecule has 1 saturated carbocycles. The first kappa shape index (κ1) is 11.8. The molecule has 0 aromatic heterocycles. The number of hydrogen-bond donors (Lipinski definition) is 3. The maximum atomic E-state index is 9.73. The molecule has 0 saturated heterocycles. The Morgan fingerprint density at radius 3 is 2.43 bits per heavy atom. The molecule has 2 nitrogen and oxygen atoms in total. The van der Waals surface area contributed by atoms with Gasteiger partial charge in [0, 0.05) is 6.04 Å². The maximum absolute atomic E-state index is 9.73. The van der Waals surface area contributed by atoms with Crippen LogP contribution in [-0.4, -0.2) is 17.4 Å². The average Bonchev–Trinajstić information content (AvgIpc) is 2.87. The lowest BCUT2D eigenvalue weighted by Gasteiger charge is -2.13. The van der Waals surface area contributed by atoms with Gasteiger partial charge in [-0.05, 0) is 49.7 Å². The van der Waals surface area contributed by atoms with Crippen molar-refractivity contribution in [1.82, 2.24) is 5.32 Å². The monoisotopic (exact) mass is 213 g/mol. The summed E-state index contributed by atoms with van der Waals surface area (Å²) in [5, 5.41) is 12.9. The minimum Gasteiger partial charge on any atom is -0.375 e. The van der Waals surface area contributed by atoms with Gasteiger partial charge in [-0.1, -0.05) is 6.08 Å². The number of thiol groups is 1. The second-order valence-corrected chi connectivity index (χ2v) is 4.67. The summed E-state index contributed by atoms with van der Waals surface area (Å²) in [7, 11) is 0. The van der Waals surface area contributed by atoms with E-state index in [1.807, 2.05) is 26.8 Å². The van der Waals surface area contributed by atoms with Gasteiger partial charge >= 0.3 is 0 Å². The molecule has 0 radical (unpaired) electrons. The Labute approximate surface area is 91.5 Å². The van der Waals surface area contributed by atoms with Crippen LogP contribution < -0.4 is 5.32 Å². The molecule has 1 aliphatic carbocycles. The van der Waals surface area contributed by atoms with E-state index in [0.717, 1.165) is 16.1 Å². The van der Waals surface area contributed by atoms with Crippen molar-refractivity contribution in [2.24, 2.45) is 0 Å². The molecule has 1 unspecified atom stereocenters. The van der Waals surface area contributed by atoms with Gasteiger partial charge in [-0.2, -0.15) is 0 Å². The summed E-state index contributed by atoms with van der Waals surface area (Å²) in [5.41, 5.74) is 2.05. The zero-order valence-electron chi connectivity index (χ0n) is 9.04. The minimum absolute atomic E-state index is 0.509. The van der Waals surface area contributed by atoms with Crippen molar-refractivity contribution in [3.8, 4) is 0 Å². The molecule has 0 amide bonds. The van der Waals surface area contributed by atoms with Crippen molar-refractivity contribution in [2.45, 2.75) is 45.9 Å². The van der Waals surface area contributed by atoms with E-state index < -0.39 is 6.23 Å². The predicted molar refractivity (Wildman–Crippen MR) is 63.3 cm³/mol. The summed E-state index contributed by atoms with van der Waals surface area (Å²) < 4.78 is 0. The van der Waals surface area contributed by atoms with E-state index in [2.05, 4.69) is 17.9 Å². The normalized spacial score (nSPS) is 21.9. The zero-order valence-corrected chi connectivity index (χ0v) is 9.94. The Bertz CT molecular complexity index is 262. The van der Waals surface area contributed by atoms with E-state index in [4.69, 9.17) is 0 Å². The zero-order chi connectivity index (χ0) is 10.7. The summed E-state index contributed by atoms with van der Waals surface area (Å²) in [5.74, 6) is 0. The highest BCUT2D eigenvalue weighted by Gasteiger charge is 2.23. The van der Waals surface area contributed by atoms with Crippen LogP contribution in [0.5, 0.6) is 0 Å². The van der Waals surface area contributed by atoms with Crippen LogP contribution in [0, 0.1) is 0 Å². The van der Waals surface area contributed by atoms with Gasteiger partial charge in [-0.15, -0.1) is 12.6 Å². The standard InChI is InChI=1S/C11H19NOS/c1-7(9(3)14)6-8(2)11(13)12-10-4-5-10/h6,10-14H,4-5H2,1-3H3/b8-6+,9-7-. The molecule has 0 aromatic rings. The first-order chi connectivity index (χ1) is 6.50. The number of aliphatic hydroxyl groups is 1. The van der Waals surface area contributed by atoms with E-state index in [1.54, 1.807) is 0 Å². The van der Waals surface area contributed by atoms with Gasteiger partial charge in [-0.3, -0.25) is 5.32 Å². The van der Waals surface area contributed by atoms with Crippen LogP contribution in [0.4, 0.5) is 0 Å². The van der Waals surface area contributed by atoms with Crippen LogP contribution in [0.25, 0.3) is 0 Å². The second kappa shape index (κ2) is 5.01. The van der Waals surface area contributed by atoms with Crippen LogP contribution in [0.1, 0.15) is 33.6 Å². The maximum Gasteiger partial charge on any atom is 0.127 e. The third-order valence-electron chi connectivity index (χ3n) is 2.42. The summed E-state index contributed by atoms with van der Waals surface area (Å²) in [6.07, 6.45) is 3.84. The Morgan fingerprint density at radius 1 is 1.43 bits per heavy atom. The van der Waals surface area contributed by atoms with Gasteiger partial charge in [0.2, 0.25) is 0 Å². The molecule has 1 fully saturated rings. The number of rotatable bonds is 4. The van der Waals surface area contributed by atoms with E-state index in [-0.39, 0.29) is 0 Å². The topological polar surface area (TPSA) is 32.3 Å². The molecule has 0 spiro atoms. The molecule has 1 rings (SSSR count). The molecular weight excluding hydrogens is 194 g/mol. The Kier molecular flexibility index (Phi) is 4.23. The van der Waals surface area contributed by atoms with Crippen molar-refractivity contribution in [3.63, 3.8) is 0 Å². The second-order valence-electron chi connectivity index (χ2n) is 4.00. The molecule has 0 aliphatic heterocycles. The Balaban J connectivity index is 2.53. The number of allylic oxidation sites excluding steroid dienone is 3. The first-order valence-corrected chi connectivity index (χ1v) is 5.44. The lowest BCUT2D eigenvalue weighted by molar-refractivity contribution is 0.170. The third kappa shape index (κ3) is 3.86. The first-order valence-electron chi connectivity index (χ1n) is 4.99. The molecule has 0 heterocycles. The van der Waals surface area contributed by atoms with Crippen molar-refractivity contribution in [3.05, 3.63) is 22.1 Å². The molecule has 1 aliphatic rings. The van der Waals surface area contributed by atoms with Gasteiger partial charge in [0.15, 0.2) is 0 Å². The van der Waals surface area contributed by atoms with Gasteiger partial charge in [0.05, 0.1) is 0 Å². The number of hydrogen-bond acceptors (Lipinski definition) is 3. The van der Waals surface area contributed by atoms with Crippen LogP contribution in [0.3, 0.4) is 0 Å². The Hall–Kier alpha value is -0.250. The third-order valence-corrected chi connectivity index (χ3v) is 2.77. The largest absolute Gasteiger partial charge is 0.375 e. The average molecular weight is 213 g/mol. The van der Waals surface area contributed by atoms with Gasteiger partial charge in [-0.25, -0.2) is 0 Å². The molecule has 3 heteroatoms. The molecular formula is C11H19NOS. The Morgan fingerprint density at radius 2 is 2.00 bits per heavy atom. The van der Waals surface area contributed by atoms with Crippen LogP contribution in [0.15, 0.2) is 22.1 Å². The highest BCUT2D eigenvalue weighted by Crippen LogP contribution is 2.20. The predicted octanol–water partition coefficient (Wildman–Crippen LogP) is 2.23. The summed E-state index contributed by atoms with van der Waals surface area (Å²) in [6, 6.07) is 0.523. The quantitative estimate of drug-likeness (QED) is 0.380. The summed E-state index contributed by atoms with van der Waals surface area (Å²) >= 11 is 4.25. The lowest BCUT2D eigenvalue weighted by atomic mass is 10.1. The van der Waals surface area contributed by atoms with E-state index in [1.165, 1.54) is 12.8 Å². The summed E-state index contributed by atoms with van der Waals surface area (Å²) in [4.78, 5) is 0.989. The highest BCUT2D eigenvalue weighted by atomic mass is 32.1. The van der Waals surface area contributed by atoms with Crippen LogP contribution in [-0.2, 0) is 0 Å². The molecule has 1 atom stereocenters. The summed E-state index contributed by atoms with van der Waals surface area (Å²) in [6.45, 7) is 5.87. The molecule has 14 heavy (non-hydrogen) atoms. The molecule has 0 bridgehead atoms. The van der Waals surface area contributed by atoms with Crippen molar-refractivity contribution in [2.75, 3.05) is 0 Å². The molecule has 2 N–H and O–H groups in total. The number of nitrogens with one attached hydrogen (secondary N) is 1. The van der Waals surface area contributed by atoms with E-state index in [0.29, 0.717) is 6.04 Å². The van der Waals surface area contributed by atoms with Gasteiger partial charge in [0.25, 0.3) is 0 Å². The highest BCUT2D eigenvalue weighted by molar-refractivity contribution is 7.84. The molecule has 0 aromatic carbocycles. The molecule has 80 valence electrons. The van der Waals surface area contributed by atoms with E-state index in [9.17, 15) is 5.11 Å². The fourth-order valence-corrected chi connectivity index (χ4v) is 1.19. The van der Waals surface area contributed by atoms with Crippen LogP contribution in [0.2, 0.25) is 0 Å². The number of aliphatic hydroxyl groups excluding tert-OH is 1. The minimum atomic E-state index is -0.509. The van der Waals surface area contributed by atoms with Crippen molar-refractivity contribution < 1.29 is 5.11 Å². The smallest absolute Gasteiger partial charge is 0.127 e. The van der Waals surface area contributed by atoms with Gasteiger partial charge in [0.1, 0.15) is 6.23 Å².